The van der Waals surface area contributed by atoms with E-state index in [0.29, 0.717) is 10.9 Å². The Kier molecular flexibility index (Phi) is 4.14. The number of allylic oxidation sites excluding steroid dienone is 1. The second-order valence-electron chi connectivity index (χ2n) is 7.75. The van der Waals surface area contributed by atoms with Crippen molar-refractivity contribution in [3.63, 3.8) is 0 Å². The molecule has 0 bridgehead atoms. The average Bonchev–Trinajstić information content (AvgIpc) is 2.72. The van der Waals surface area contributed by atoms with Crippen molar-refractivity contribution >= 4 is 33.1 Å². The predicted octanol–water partition coefficient (Wildman–Crippen LogP) is 5.81. The van der Waals surface area contributed by atoms with Crippen molar-refractivity contribution in [1.82, 2.24) is 0 Å². The molecule has 0 radical (unpaired) electrons. The van der Waals surface area contributed by atoms with Crippen LogP contribution >= 0.6 is 15.9 Å². The van der Waals surface area contributed by atoms with Crippen molar-refractivity contribution in [1.29, 1.82) is 0 Å². The molecule has 1 atom stereocenters. The van der Waals surface area contributed by atoms with E-state index in [9.17, 15) is 9.18 Å². The first-order chi connectivity index (χ1) is 12.3. The smallest absolute Gasteiger partial charge is 0.163 e. The zero-order valence-electron chi connectivity index (χ0n) is 14.7. The van der Waals surface area contributed by atoms with Gasteiger partial charge in [0.2, 0.25) is 0 Å². The lowest BCUT2D eigenvalue weighted by Crippen LogP contribution is -2.31. The molecule has 2 aliphatic rings. The summed E-state index contributed by atoms with van der Waals surface area (Å²) in [6, 6.07) is 12.5. The zero-order chi connectivity index (χ0) is 18.5. The monoisotopic (exact) mass is 414 g/mol. The van der Waals surface area contributed by atoms with Crippen molar-refractivity contribution in [3.8, 4) is 0 Å². The molecule has 1 aliphatic heterocycles. The molecule has 0 amide bonds. The van der Waals surface area contributed by atoms with E-state index in [-0.39, 0.29) is 23.1 Å². The number of rotatable bonds is 1. The van der Waals surface area contributed by atoms with Crippen LogP contribution in [0.1, 0.15) is 38.3 Å². The number of ketones is 1. The van der Waals surface area contributed by atoms with E-state index in [1.807, 2.05) is 24.3 Å². The molecule has 3 nitrogen and oxygen atoms in total. The van der Waals surface area contributed by atoms with Gasteiger partial charge in [0.15, 0.2) is 5.78 Å². The second-order valence-corrected chi connectivity index (χ2v) is 8.61. The highest BCUT2D eigenvalue weighted by molar-refractivity contribution is 9.10. The number of halogens is 2. The summed E-state index contributed by atoms with van der Waals surface area (Å²) in [6.45, 7) is 4.23. The molecule has 1 heterocycles. The van der Waals surface area contributed by atoms with Crippen LogP contribution in [0.2, 0.25) is 0 Å². The molecule has 26 heavy (non-hydrogen) atoms. The third-order valence-electron chi connectivity index (χ3n) is 5.00. The first-order valence-corrected chi connectivity index (χ1v) is 9.47. The quantitative estimate of drug-likeness (QED) is 0.618. The molecule has 2 aromatic rings. The Bertz CT molecular complexity index is 935. The van der Waals surface area contributed by atoms with E-state index >= 15 is 0 Å². The van der Waals surface area contributed by atoms with Crippen molar-refractivity contribution < 1.29 is 9.18 Å². The van der Waals surface area contributed by atoms with Crippen LogP contribution in [0.15, 0.2) is 58.2 Å². The van der Waals surface area contributed by atoms with Gasteiger partial charge in [0, 0.05) is 17.7 Å². The van der Waals surface area contributed by atoms with Gasteiger partial charge in [-0.15, -0.1) is 0 Å². The highest BCUT2D eigenvalue weighted by atomic mass is 79.9. The Labute approximate surface area is 160 Å². The van der Waals surface area contributed by atoms with Crippen molar-refractivity contribution in [3.05, 3.63) is 69.6 Å². The highest BCUT2D eigenvalue weighted by Crippen LogP contribution is 2.45. The SMILES string of the molecule is CC1(C)CC(=O)C2=C(C1)Nc1ccccc1NC2c1ccc(F)c(Br)c1. The van der Waals surface area contributed by atoms with E-state index in [2.05, 4.69) is 40.4 Å². The molecule has 1 aliphatic carbocycles. The largest absolute Gasteiger partial charge is 0.372 e. The number of fused-ring (bicyclic) bond motifs is 1. The lowest BCUT2D eigenvalue weighted by atomic mass is 9.73. The van der Waals surface area contributed by atoms with E-state index < -0.39 is 0 Å². The Morgan fingerprint density at radius 3 is 2.58 bits per heavy atom. The first kappa shape index (κ1) is 17.3. The molecular formula is C21H20BrFN2O. The van der Waals surface area contributed by atoms with Gasteiger partial charge in [0.05, 0.1) is 21.9 Å². The molecule has 4 rings (SSSR count). The number of benzene rings is 2. The molecule has 0 saturated heterocycles. The molecule has 0 spiro atoms. The van der Waals surface area contributed by atoms with E-state index in [1.165, 1.54) is 6.07 Å². The molecule has 2 N–H and O–H groups in total. The first-order valence-electron chi connectivity index (χ1n) is 8.68. The van der Waals surface area contributed by atoms with Crippen LogP contribution in [0.3, 0.4) is 0 Å². The number of anilines is 2. The summed E-state index contributed by atoms with van der Waals surface area (Å²) >= 11 is 3.27. The summed E-state index contributed by atoms with van der Waals surface area (Å²) in [6.07, 6.45) is 1.30. The van der Waals surface area contributed by atoms with Crippen molar-refractivity contribution in [2.24, 2.45) is 5.41 Å². The number of nitrogens with one attached hydrogen (secondary N) is 2. The third-order valence-corrected chi connectivity index (χ3v) is 5.61. The van der Waals surface area contributed by atoms with Crippen LogP contribution in [0.25, 0.3) is 0 Å². The van der Waals surface area contributed by atoms with Gasteiger partial charge in [-0.25, -0.2) is 4.39 Å². The third kappa shape index (κ3) is 3.05. The summed E-state index contributed by atoms with van der Waals surface area (Å²) in [5.74, 6) is -0.180. The van der Waals surface area contributed by atoms with Crippen LogP contribution in [-0.2, 0) is 4.79 Å². The lowest BCUT2D eigenvalue weighted by molar-refractivity contribution is -0.118. The zero-order valence-corrected chi connectivity index (χ0v) is 16.3. The number of hydrogen-bond donors (Lipinski definition) is 2. The summed E-state index contributed by atoms with van der Waals surface area (Å²) in [4.78, 5) is 13.1. The van der Waals surface area contributed by atoms with Crippen LogP contribution in [0, 0.1) is 11.2 Å². The van der Waals surface area contributed by atoms with Crippen LogP contribution < -0.4 is 10.6 Å². The number of Topliss-reactive ketones (excluding diaryl/α,β-unsaturated/α-hetero) is 1. The van der Waals surface area contributed by atoms with E-state index in [4.69, 9.17) is 0 Å². The van der Waals surface area contributed by atoms with Crippen LogP contribution in [0.5, 0.6) is 0 Å². The van der Waals surface area contributed by atoms with Gasteiger partial charge in [-0.2, -0.15) is 0 Å². The fraction of sp³-hybridized carbons (Fsp3) is 0.286. The van der Waals surface area contributed by atoms with Gasteiger partial charge in [-0.05, 0) is 57.6 Å². The minimum absolute atomic E-state index is 0.0872. The Hall–Kier alpha value is -2.14. The molecule has 0 fully saturated rings. The fourth-order valence-corrected chi connectivity index (χ4v) is 4.23. The molecular weight excluding hydrogens is 395 g/mol. The average molecular weight is 415 g/mol. The number of carbonyl (C=O) groups is 1. The Morgan fingerprint density at radius 1 is 1.12 bits per heavy atom. The maximum atomic E-state index is 13.7. The van der Waals surface area contributed by atoms with Crippen molar-refractivity contribution in [2.45, 2.75) is 32.7 Å². The van der Waals surface area contributed by atoms with Gasteiger partial charge in [0.25, 0.3) is 0 Å². The van der Waals surface area contributed by atoms with Crippen LogP contribution in [0.4, 0.5) is 15.8 Å². The second kappa shape index (κ2) is 6.23. The summed E-state index contributed by atoms with van der Waals surface area (Å²) in [7, 11) is 0. The Balaban J connectivity index is 1.89. The molecule has 0 aromatic heterocycles. The highest BCUT2D eigenvalue weighted by Gasteiger charge is 2.38. The van der Waals surface area contributed by atoms with Gasteiger partial charge >= 0.3 is 0 Å². The minimum atomic E-state index is -0.318. The maximum Gasteiger partial charge on any atom is 0.163 e. The van der Waals surface area contributed by atoms with Crippen LogP contribution in [-0.4, -0.2) is 5.78 Å². The molecule has 2 aromatic carbocycles. The minimum Gasteiger partial charge on any atom is -0.372 e. The number of para-hydroxylation sites is 2. The number of carbonyl (C=O) groups excluding carboxylic acids is 1. The summed E-state index contributed by atoms with van der Waals surface area (Å²) in [5.41, 5.74) is 4.36. The normalized spacial score (nSPS) is 21.2. The summed E-state index contributed by atoms with van der Waals surface area (Å²) < 4.78 is 14.1. The van der Waals surface area contributed by atoms with Gasteiger partial charge in [0.1, 0.15) is 5.82 Å². The summed E-state index contributed by atoms with van der Waals surface area (Å²) in [5, 5.41) is 6.98. The standard InChI is InChI=1S/C21H20BrFN2O/c1-21(2)10-17-19(18(26)11-21)20(12-7-8-14(23)13(22)9-12)25-16-6-4-3-5-15(16)24-17/h3-9,20,24-25H,10-11H2,1-2H3. The topological polar surface area (TPSA) is 41.1 Å². The van der Waals surface area contributed by atoms with E-state index in [1.54, 1.807) is 12.1 Å². The fourth-order valence-electron chi connectivity index (χ4n) is 3.83. The van der Waals surface area contributed by atoms with Gasteiger partial charge in [-0.1, -0.05) is 32.0 Å². The van der Waals surface area contributed by atoms with Gasteiger partial charge < -0.3 is 10.6 Å². The maximum absolute atomic E-state index is 13.7. The molecule has 5 heteroatoms. The predicted molar refractivity (Wildman–Crippen MR) is 106 cm³/mol. The van der Waals surface area contributed by atoms with E-state index in [0.717, 1.165) is 34.6 Å². The molecule has 0 saturated carbocycles. The van der Waals surface area contributed by atoms with Gasteiger partial charge in [-0.3, -0.25) is 4.79 Å². The molecule has 134 valence electrons. The van der Waals surface area contributed by atoms with Crippen molar-refractivity contribution in [2.75, 3.05) is 10.6 Å². The lowest BCUT2D eigenvalue weighted by Gasteiger charge is -2.34. The number of hydrogen-bond acceptors (Lipinski definition) is 3. The molecule has 1 unspecified atom stereocenters. The Morgan fingerprint density at radius 2 is 1.85 bits per heavy atom.